The lowest BCUT2D eigenvalue weighted by molar-refractivity contribution is 0.0507. The molecule has 2 aromatic rings. The maximum Gasteiger partial charge on any atom is 0.407 e. The van der Waals surface area contributed by atoms with Crippen molar-refractivity contribution in [3.8, 4) is 0 Å². The van der Waals surface area contributed by atoms with Gasteiger partial charge in [-0.25, -0.2) is 9.79 Å². The van der Waals surface area contributed by atoms with Crippen LogP contribution in [-0.4, -0.2) is 53.2 Å². The van der Waals surface area contributed by atoms with E-state index in [0.717, 1.165) is 36.6 Å². The summed E-state index contributed by atoms with van der Waals surface area (Å²) in [5.41, 5.74) is 0.464. The molecule has 1 aliphatic heterocycles. The number of guanidine groups is 1. The molecular weight excluding hydrogens is 366 g/mol. The van der Waals surface area contributed by atoms with E-state index in [9.17, 15) is 4.79 Å². The molecule has 2 N–H and O–H groups in total. The Morgan fingerprint density at radius 1 is 1.31 bits per heavy atom. The summed E-state index contributed by atoms with van der Waals surface area (Å²) < 4.78 is 5.37. The first-order valence-corrected chi connectivity index (χ1v) is 10.2. The molecule has 3 rings (SSSR count). The van der Waals surface area contributed by atoms with Crippen molar-refractivity contribution in [2.75, 3.05) is 19.6 Å². The van der Waals surface area contributed by atoms with Crippen LogP contribution in [0.4, 0.5) is 4.79 Å². The highest BCUT2D eigenvalue weighted by atomic mass is 16.6. The fraction of sp³-hybridized carbons (Fsp3) is 0.500. The first-order chi connectivity index (χ1) is 13.9. The first kappa shape index (κ1) is 20.9. The molecule has 156 valence electrons. The van der Waals surface area contributed by atoms with E-state index in [1.165, 1.54) is 5.39 Å². The number of fused-ring (bicyclic) bond motifs is 1. The van der Waals surface area contributed by atoms with E-state index in [0.29, 0.717) is 13.1 Å². The number of ether oxygens (including phenoxy) is 1. The lowest BCUT2D eigenvalue weighted by atomic mass is 10.1. The van der Waals surface area contributed by atoms with E-state index in [-0.39, 0.29) is 12.1 Å². The largest absolute Gasteiger partial charge is 0.444 e. The molecule has 1 saturated heterocycles. The molecule has 0 saturated carbocycles. The third-order valence-electron chi connectivity index (χ3n) is 4.68. The second-order valence-electron chi connectivity index (χ2n) is 8.23. The highest BCUT2D eigenvalue weighted by Gasteiger charge is 2.27. The number of likely N-dealkylation sites (tertiary alicyclic amines) is 1. The number of rotatable bonds is 4. The maximum absolute atomic E-state index is 12.0. The molecule has 1 unspecified atom stereocenters. The quantitative estimate of drug-likeness (QED) is 0.611. The molecule has 7 heteroatoms. The molecule has 1 aromatic heterocycles. The number of nitrogens with zero attached hydrogens (tertiary/aromatic N) is 3. The number of hydrogen-bond donors (Lipinski definition) is 2. The van der Waals surface area contributed by atoms with Gasteiger partial charge in [-0.1, -0.05) is 24.3 Å². The van der Waals surface area contributed by atoms with Gasteiger partial charge in [0, 0.05) is 31.2 Å². The van der Waals surface area contributed by atoms with Gasteiger partial charge in [-0.3, -0.25) is 4.98 Å². The van der Waals surface area contributed by atoms with Crippen molar-refractivity contribution in [3.05, 3.63) is 42.2 Å². The Hall–Kier alpha value is -2.83. The van der Waals surface area contributed by atoms with E-state index in [1.807, 2.05) is 45.2 Å². The van der Waals surface area contributed by atoms with Gasteiger partial charge in [-0.2, -0.15) is 0 Å². The number of carbonyl (C=O) groups excluding carboxylic acids is 1. The zero-order chi connectivity index (χ0) is 20.9. The molecule has 1 amide bonds. The van der Waals surface area contributed by atoms with Crippen molar-refractivity contribution in [3.63, 3.8) is 0 Å². The molecule has 0 aliphatic carbocycles. The molecule has 7 nitrogen and oxygen atoms in total. The molecule has 1 atom stereocenters. The van der Waals surface area contributed by atoms with E-state index in [2.05, 4.69) is 39.6 Å². The predicted octanol–water partition coefficient (Wildman–Crippen LogP) is 3.30. The Balaban J connectivity index is 1.66. The third-order valence-corrected chi connectivity index (χ3v) is 4.68. The number of amides is 1. The number of pyridine rings is 1. The highest BCUT2D eigenvalue weighted by Crippen LogP contribution is 2.17. The van der Waals surface area contributed by atoms with Gasteiger partial charge in [0.15, 0.2) is 5.96 Å². The maximum atomic E-state index is 12.0. The number of alkyl carbamates (subject to hydrolysis) is 1. The van der Waals surface area contributed by atoms with Crippen molar-refractivity contribution >= 4 is 22.8 Å². The summed E-state index contributed by atoms with van der Waals surface area (Å²) in [5, 5.41) is 8.61. The van der Waals surface area contributed by atoms with Crippen LogP contribution in [0.1, 0.15) is 39.8 Å². The van der Waals surface area contributed by atoms with Crippen LogP contribution in [0.25, 0.3) is 10.8 Å². The number of aliphatic imine (C=N–C) groups is 1. The lowest BCUT2D eigenvalue weighted by Gasteiger charge is -2.23. The summed E-state index contributed by atoms with van der Waals surface area (Å²) in [6.45, 7) is 10.5. The number of nitrogens with one attached hydrogen (secondary N) is 2. The predicted molar refractivity (Wildman–Crippen MR) is 116 cm³/mol. The summed E-state index contributed by atoms with van der Waals surface area (Å²) in [4.78, 5) is 23.6. The van der Waals surface area contributed by atoms with Gasteiger partial charge in [0.2, 0.25) is 0 Å². The van der Waals surface area contributed by atoms with Crippen LogP contribution in [0.3, 0.4) is 0 Å². The van der Waals surface area contributed by atoms with Crippen LogP contribution in [0.2, 0.25) is 0 Å². The second-order valence-corrected chi connectivity index (χ2v) is 8.23. The number of hydrogen-bond acceptors (Lipinski definition) is 4. The smallest absolute Gasteiger partial charge is 0.407 e. The average Bonchev–Trinajstić information content (AvgIpc) is 3.11. The van der Waals surface area contributed by atoms with Gasteiger partial charge in [-0.15, -0.1) is 0 Å². The van der Waals surface area contributed by atoms with Crippen molar-refractivity contribution in [1.29, 1.82) is 0 Å². The Morgan fingerprint density at radius 2 is 2.10 bits per heavy atom. The minimum absolute atomic E-state index is 0.0457. The first-order valence-electron chi connectivity index (χ1n) is 10.2. The zero-order valence-corrected chi connectivity index (χ0v) is 17.7. The average molecular weight is 398 g/mol. The third kappa shape index (κ3) is 5.82. The molecular formula is C22H31N5O2. The second kappa shape index (κ2) is 9.11. The van der Waals surface area contributed by atoms with Crippen LogP contribution in [0.5, 0.6) is 0 Å². The Kier molecular flexibility index (Phi) is 6.56. The van der Waals surface area contributed by atoms with E-state index < -0.39 is 5.60 Å². The number of carbonyl (C=O) groups is 1. The number of aromatic nitrogens is 1. The molecule has 0 bridgehead atoms. The SMILES string of the molecule is CCNC(=NCc1nccc2ccccc12)N1CCC(NC(=O)OC(C)(C)C)C1. The molecule has 1 aromatic carbocycles. The Morgan fingerprint density at radius 3 is 2.86 bits per heavy atom. The van der Waals surface area contributed by atoms with Crippen LogP contribution >= 0.6 is 0 Å². The van der Waals surface area contributed by atoms with Gasteiger partial charge >= 0.3 is 6.09 Å². The van der Waals surface area contributed by atoms with Crippen LogP contribution in [0, 0.1) is 0 Å². The van der Waals surface area contributed by atoms with E-state index >= 15 is 0 Å². The summed E-state index contributed by atoms with van der Waals surface area (Å²) in [7, 11) is 0. The Bertz CT molecular complexity index is 870. The van der Waals surface area contributed by atoms with Gasteiger partial charge in [0.25, 0.3) is 0 Å². The Labute approximate surface area is 172 Å². The fourth-order valence-electron chi connectivity index (χ4n) is 3.43. The fourth-order valence-corrected chi connectivity index (χ4v) is 3.43. The highest BCUT2D eigenvalue weighted by molar-refractivity contribution is 5.85. The lowest BCUT2D eigenvalue weighted by Crippen LogP contribution is -2.44. The normalized spacial score (nSPS) is 17.4. The minimum atomic E-state index is -0.496. The van der Waals surface area contributed by atoms with Gasteiger partial charge < -0.3 is 20.3 Å². The van der Waals surface area contributed by atoms with Crippen molar-refractivity contribution in [2.45, 2.75) is 52.3 Å². The van der Waals surface area contributed by atoms with Gasteiger partial charge in [-0.05, 0) is 45.6 Å². The van der Waals surface area contributed by atoms with E-state index in [1.54, 1.807) is 0 Å². The molecule has 0 spiro atoms. The van der Waals surface area contributed by atoms with Crippen molar-refractivity contribution in [2.24, 2.45) is 4.99 Å². The van der Waals surface area contributed by atoms with Crippen molar-refractivity contribution in [1.82, 2.24) is 20.5 Å². The molecule has 29 heavy (non-hydrogen) atoms. The molecule has 1 aliphatic rings. The standard InChI is InChI=1S/C22H31N5O2/c1-5-23-20(25-14-19-18-9-7-6-8-16(18)10-12-24-19)27-13-11-17(15-27)26-21(28)29-22(2,3)4/h6-10,12,17H,5,11,13-15H2,1-4H3,(H,23,25)(H,26,28). The van der Waals surface area contributed by atoms with Gasteiger partial charge in [0.1, 0.15) is 5.60 Å². The molecule has 1 fully saturated rings. The van der Waals surface area contributed by atoms with Crippen LogP contribution in [0.15, 0.2) is 41.5 Å². The zero-order valence-electron chi connectivity index (χ0n) is 17.7. The van der Waals surface area contributed by atoms with Gasteiger partial charge in [0.05, 0.1) is 18.3 Å². The topological polar surface area (TPSA) is 78.9 Å². The summed E-state index contributed by atoms with van der Waals surface area (Å²) in [6.07, 6.45) is 2.32. The van der Waals surface area contributed by atoms with Crippen LogP contribution in [-0.2, 0) is 11.3 Å². The molecule has 2 heterocycles. The van der Waals surface area contributed by atoms with Crippen LogP contribution < -0.4 is 10.6 Å². The number of benzene rings is 1. The summed E-state index contributed by atoms with van der Waals surface area (Å²) in [6, 6.07) is 10.3. The monoisotopic (exact) mass is 397 g/mol. The summed E-state index contributed by atoms with van der Waals surface area (Å²) in [5.74, 6) is 0.843. The minimum Gasteiger partial charge on any atom is -0.444 e. The van der Waals surface area contributed by atoms with E-state index in [4.69, 9.17) is 9.73 Å². The van der Waals surface area contributed by atoms with Crippen molar-refractivity contribution < 1.29 is 9.53 Å². The molecule has 0 radical (unpaired) electrons. The summed E-state index contributed by atoms with van der Waals surface area (Å²) >= 11 is 0.